The number of amides is 2. The van der Waals surface area contributed by atoms with Crippen molar-refractivity contribution in [3.63, 3.8) is 0 Å². The summed E-state index contributed by atoms with van der Waals surface area (Å²) in [6.07, 6.45) is 7.38. The average Bonchev–Trinajstić information content (AvgIpc) is 2.99. The highest BCUT2D eigenvalue weighted by Crippen LogP contribution is 2.30. The lowest BCUT2D eigenvalue weighted by molar-refractivity contribution is -0.111. The van der Waals surface area contributed by atoms with Crippen LogP contribution in [-0.2, 0) is 16.1 Å². The Bertz CT molecular complexity index is 1660. The van der Waals surface area contributed by atoms with E-state index in [0.717, 1.165) is 17.5 Å². The van der Waals surface area contributed by atoms with E-state index >= 15 is 0 Å². The van der Waals surface area contributed by atoms with E-state index in [1.54, 1.807) is 30.3 Å². The highest BCUT2D eigenvalue weighted by atomic mass is 35.5. The third kappa shape index (κ3) is 7.60. The lowest BCUT2D eigenvalue weighted by atomic mass is 10.1. The number of carbonyl (C=O) groups is 2. The van der Waals surface area contributed by atoms with Crippen molar-refractivity contribution in [3.8, 4) is 17.0 Å². The van der Waals surface area contributed by atoms with E-state index < -0.39 is 0 Å². The van der Waals surface area contributed by atoms with Crippen LogP contribution in [0.5, 0.6) is 5.75 Å². The summed E-state index contributed by atoms with van der Waals surface area (Å²) in [5.74, 6) is 0.324. The maximum atomic E-state index is 13.2. The van der Waals surface area contributed by atoms with Gasteiger partial charge in [-0.1, -0.05) is 48.5 Å². The van der Waals surface area contributed by atoms with Crippen LogP contribution < -0.4 is 20.7 Å². The van der Waals surface area contributed by atoms with E-state index in [-0.39, 0.29) is 11.8 Å². The van der Waals surface area contributed by atoms with Gasteiger partial charge in [0, 0.05) is 28.2 Å². The summed E-state index contributed by atoms with van der Waals surface area (Å²) in [6, 6.07) is 19.7. The number of nitrogens with zero attached hydrogens (tertiary/aromatic N) is 2. The summed E-state index contributed by atoms with van der Waals surface area (Å²) >= 11 is 6.48. The first-order valence-corrected chi connectivity index (χ1v) is 13.6. The van der Waals surface area contributed by atoms with Gasteiger partial charge in [0.15, 0.2) is 0 Å². The molecule has 6 bridgehead atoms. The van der Waals surface area contributed by atoms with Crippen LogP contribution in [-0.4, -0.2) is 35.0 Å². The molecule has 0 spiro atoms. The second-order valence-electron chi connectivity index (χ2n) is 9.31. The van der Waals surface area contributed by atoms with Gasteiger partial charge in [0.25, 0.3) is 5.91 Å². The molecule has 0 radical (unpaired) electrons. The highest BCUT2D eigenvalue weighted by Gasteiger charge is 2.13. The summed E-state index contributed by atoms with van der Waals surface area (Å²) < 4.78 is 11.7. The minimum absolute atomic E-state index is 0.305. The van der Waals surface area contributed by atoms with Crippen molar-refractivity contribution in [1.29, 1.82) is 0 Å². The van der Waals surface area contributed by atoms with Gasteiger partial charge in [0.05, 0.1) is 36.7 Å². The quantitative estimate of drug-likeness (QED) is 0.180. The molecule has 42 heavy (non-hydrogen) atoms. The second-order valence-corrected chi connectivity index (χ2v) is 9.72. The molecule has 0 saturated heterocycles. The Kier molecular flexibility index (Phi) is 9.23. The van der Waals surface area contributed by atoms with E-state index in [2.05, 4.69) is 32.5 Å². The van der Waals surface area contributed by atoms with Crippen molar-refractivity contribution >= 4 is 46.4 Å². The van der Waals surface area contributed by atoms with Crippen LogP contribution in [0.25, 0.3) is 11.3 Å². The van der Waals surface area contributed by atoms with Crippen molar-refractivity contribution in [2.45, 2.75) is 13.0 Å². The van der Waals surface area contributed by atoms with Gasteiger partial charge in [-0.3, -0.25) is 9.59 Å². The number of aromatic nitrogens is 2. The van der Waals surface area contributed by atoms with Gasteiger partial charge in [0.1, 0.15) is 5.75 Å². The maximum absolute atomic E-state index is 13.2. The van der Waals surface area contributed by atoms with Crippen LogP contribution in [0.15, 0.2) is 97.7 Å². The van der Waals surface area contributed by atoms with Crippen molar-refractivity contribution in [2.75, 3.05) is 29.2 Å². The van der Waals surface area contributed by atoms with Gasteiger partial charge >= 0.3 is 0 Å². The zero-order chi connectivity index (χ0) is 29.3. The predicted molar refractivity (Wildman–Crippen MR) is 164 cm³/mol. The van der Waals surface area contributed by atoms with Crippen LogP contribution >= 0.6 is 11.6 Å². The summed E-state index contributed by atoms with van der Waals surface area (Å²) in [5, 5.41) is 9.22. The van der Waals surface area contributed by atoms with E-state index in [0.29, 0.717) is 64.9 Å². The maximum Gasteiger partial charge on any atom is 0.255 e. The molecule has 2 amide bonds. The van der Waals surface area contributed by atoms with Gasteiger partial charge in [-0.25, -0.2) is 9.97 Å². The second kappa shape index (κ2) is 13.6. The number of hydrogen-bond donors (Lipinski definition) is 3. The Morgan fingerprint density at radius 1 is 1.00 bits per heavy atom. The molecule has 0 fully saturated rings. The van der Waals surface area contributed by atoms with E-state index in [1.165, 1.54) is 12.3 Å². The molecular weight excluding hydrogens is 554 g/mol. The fourth-order valence-corrected chi connectivity index (χ4v) is 4.42. The SMILES string of the molecule is C=CC(=O)Nc1cccc(C(=O)Nc2cc3cc(c2)Nc2ncc(Cl)c(n2)-c2cccc(c2)OCC/C=C/COC3)c1. The number of benzene rings is 3. The number of ether oxygens (including phenoxy) is 2. The Balaban J connectivity index is 1.45. The third-order valence-electron chi connectivity index (χ3n) is 6.14. The summed E-state index contributed by atoms with van der Waals surface area (Å²) in [7, 11) is 0. The van der Waals surface area contributed by atoms with Gasteiger partial charge in [-0.05, 0) is 66.6 Å². The number of hydrogen-bond acceptors (Lipinski definition) is 7. The Labute approximate surface area is 248 Å². The smallest absolute Gasteiger partial charge is 0.255 e. The van der Waals surface area contributed by atoms with Gasteiger partial charge < -0.3 is 25.4 Å². The number of rotatable bonds is 4. The molecule has 3 aromatic carbocycles. The Morgan fingerprint density at radius 3 is 2.76 bits per heavy atom. The number of nitrogens with one attached hydrogen (secondary N) is 3. The molecule has 0 atom stereocenters. The first-order valence-electron chi connectivity index (χ1n) is 13.2. The largest absolute Gasteiger partial charge is 0.493 e. The molecule has 0 aliphatic carbocycles. The molecule has 9 nitrogen and oxygen atoms in total. The molecule has 10 heteroatoms. The molecule has 0 saturated carbocycles. The minimum Gasteiger partial charge on any atom is -0.493 e. The monoisotopic (exact) mass is 581 g/mol. The summed E-state index contributed by atoms with van der Waals surface area (Å²) in [5.41, 5.74) is 4.20. The van der Waals surface area contributed by atoms with Crippen molar-refractivity contribution in [2.24, 2.45) is 0 Å². The number of anilines is 4. The lowest BCUT2D eigenvalue weighted by Gasteiger charge is -2.14. The molecule has 4 aromatic rings. The fourth-order valence-electron chi connectivity index (χ4n) is 4.22. The standard InChI is InChI=1S/C32H28ClN5O4/c1-2-29(39)35-24-10-6-9-23(16-24)31(40)36-25-14-21-15-26(18-25)37-32-34-19-28(33)30(38-32)22-8-7-11-27(17-22)42-13-5-3-4-12-41-20-21/h2-4,6-11,14-19H,1,5,12-13,20H2,(H,35,39)(H,36,40)(H,34,37,38)/b4-3+. The number of halogens is 1. The average molecular weight is 582 g/mol. The van der Waals surface area contributed by atoms with Crippen molar-refractivity contribution in [1.82, 2.24) is 9.97 Å². The highest BCUT2D eigenvalue weighted by molar-refractivity contribution is 6.32. The zero-order valence-electron chi connectivity index (χ0n) is 22.6. The van der Waals surface area contributed by atoms with Crippen molar-refractivity contribution in [3.05, 3.63) is 114 Å². The molecule has 2 heterocycles. The van der Waals surface area contributed by atoms with Gasteiger partial charge in [0.2, 0.25) is 11.9 Å². The normalized spacial score (nSPS) is 13.7. The number of carbonyl (C=O) groups excluding carboxylic acids is 2. The van der Waals surface area contributed by atoms with E-state index in [9.17, 15) is 9.59 Å². The molecular formula is C32H28ClN5O4. The molecule has 1 aliphatic rings. The molecule has 1 aromatic heterocycles. The van der Waals surface area contributed by atoms with Crippen LogP contribution in [0, 0.1) is 0 Å². The third-order valence-corrected chi connectivity index (χ3v) is 6.42. The van der Waals surface area contributed by atoms with Gasteiger partial charge in [-0.15, -0.1) is 0 Å². The number of fused-ring (bicyclic) bond motifs is 7. The minimum atomic E-state index is -0.364. The lowest BCUT2D eigenvalue weighted by Crippen LogP contribution is -2.14. The van der Waals surface area contributed by atoms with Gasteiger partial charge in [-0.2, -0.15) is 0 Å². The Hall–Kier alpha value is -4.99. The van der Waals surface area contributed by atoms with E-state index in [4.69, 9.17) is 21.1 Å². The summed E-state index contributed by atoms with van der Waals surface area (Å²) in [4.78, 5) is 33.9. The predicted octanol–water partition coefficient (Wildman–Crippen LogP) is 6.77. The van der Waals surface area contributed by atoms with Crippen molar-refractivity contribution < 1.29 is 19.1 Å². The topological polar surface area (TPSA) is 114 Å². The van der Waals surface area contributed by atoms with Crippen LogP contribution in [0.3, 0.4) is 0 Å². The van der Waals surface area contributed by atoms with Crippen LogP contribution in [0.2, 0.25) is 5.02 Å². The zero-order valence-corrected chi connectivity index (χ0v) is 23.4. The molecule has 5 rings (SSSR count). The first kappa shape index (κ1) is 28.5. The molecule has 1 aliphatic heterocycles. The van der Waals surface area contributed by atoms with Crippen LogP contribution in [0.1, 0.15) is 22.3 Å². The van der Waals surface area contributed by atoms with E-state index in [1.807, 2.05) is 48.6 Å². The Morgan fingerprint density at radius 2 is 1.88 bits per heavy atom. The summed E-state index contributed by atoms with van der Waals surface area (Å²) in [6.45, 7) is 4.69. The van der Waals surface area contributed by atoms with Crippen LogP contribution in [0.4, 0.5) is 23.0 Å². The first-order chi connectivity index (χ1) is 20.5. The molecule has 0 unspecified atom stereocenters. The molecule has 212 valence electrons. The fraction of sp³-hybridized carbons (Fsp3) is 0.125. The molecule has 3 N–H and O–H groups in total.